The Morgan fingerprint density at radius 3 is 2.69 bits per heavy atom. The van der Waals surface area contributed by atoms with Gasteiger partial charge in [0, 0.05) is 18.4 Å². The van der Waals surface area contributed by atoms with E-state index in [4.69, 9.17) is 4.52 Å². The van der Waals surface area contributed by atoms with Crippen LogP contribution in [0.2, 0.25) is 0 Å². The molecule has 0 aliphatic heterocycles. The number of halogens is 1. The molecule has 0 unspecified atom stereocenters. The predicted octanol–water partition coefficient (Wildman–Crippen LogP) is 3.78. The van der Waals surface area contributed by atoms with E-state index in [0.29, 0.717) is 36.0 Å². The van der Waals surface area contributed by atoms with Crippen molar-refractivity contribution in [3.8, 4) is 0 Å². The first-order chi connectivity index (χ1) is 12.6. The Bertz CT molecular complexity index is 881. The molecule has 1 N–H and O–H groups in total. The van der Waals surface area contributed by atoms with Crippen LogP contribution in [0.5, 0.6) is 0 Å². The van der Waals surface area contributed by atoms with Gasteiger partial charge in [-0.2, -0.15) is 4.98 Å². The Kier molecular flexibility index (Phi) is 6.01. The third-order valence-electron chi connectivity index (χ3n) is 3.67. The highest BCUT2D eigenvalue weighted by Crippen LogP contribution is 2.25. The largest absolute Gasteiger partial charge is 0.352 e. The molecule has 0 radical (unpaired) electrons. The van der Waals surface area contributed by atoms with Crippen molar-refractivity contribution in [2.24, 2.45) is 0 Å². The minimum absolute atomic E-state index is 0.139. The zero-order valence-corrected chi connectivity index (χ0v) is 15.1. The SMILES string of the molecule is Cc1nc(CSc2ccccc2C(=O)NCCc2ccc(F)cc2)no1. The molecule has 0 aliphatic rings. The lowest BCUT2D eigenvalue weighted by Gasteiger charge is -2.09. The van der Waals surface area contributed by atoms with Gasteiger partial charge < -0.3 is 9.84 Å². The quantitative estimate of drug-likeness (QED) is 0.640. The summed E-state index contributed by atoms with van der Waals surface area (Å²) in [6.07, 6.45) is 0.642. The lowest BCUT2D eigenvalue weighted by atomic mass is 10.1. The fraction of sp³-hybridized carbons (Fsp3) is 0.211. The summed E-state index contributed by atoms with van der Waals surface area (Å²) in [6, 6.07) is 13.7. The van der Waals surface area contributed by atoms with Crippen LogP contribution < -0.4 is 5.32 Å². The van der Waals surface area contributed by atoms with Crippen LogP contribution in [0.3, 0.4) is 0 Å². The van der Waals surface area contributed by atoms with Gasteiger partial charge in [-0.25, -0.2) is 4.39 Å². The maximum Gasteiger partial charge on any atom is 0.252 e. The van der Waals surface area contributed by atoms with Crippen molar-refractivity contribution in [2.75, 3.05) is 6.54 Å². The molecule has 3 aromatic rings. The van der Waals surface area contributed by atoms with Gasteiger partial charge in [0.25, 0.3) is 5.91 Å². The third-order valence-corrected chi connectivity index (χ3v) is 4.74. The molecule has 1 aromatic heterocycles. The second kappa shape index (κ2) is 8.62. The van der Waals surface area contributed by atoms with Gasteiger partial charge in [0.15, 0.2) is 5.82 Å². The molecule has 3 rings (SSSR count). The molecule has 5 nitrogen and oxygen atoms in total. The van der Waals surface area contributed by atoms with E-state index in [0.717, 1.165) is 10.5 Å². The van der Waals surface area contributed by atoms with E-state index < -0.39 is 0 Å². The molecule has 2 aromatic carbocycles. The van der Waals surface area contributed by atoms with Crippen LogP contribution in [0.25, 0.3) is 0 Å². The van der Waals surface area contributed by atoms with Crippen LogP contribution in [-0.4, -0.2) is 22.6 Å². The van der Waals surface area contributed by atoms with Gasteiger partial charge in [0.1, 0.15) is 5.82 Å². The highest BCUT2D eigenvalue weighted by atomic mass is 32.2. The fourth-order valence-corrected chi connectivity index (χ4v) is 3.28. The Morgan fingerprint density at radius 2 is 1.96 bits per heavy atom. The van der Waals surface area contributed by atoms with Crippen molar-refractivity contribution in [1.82, 2.24) is 15.5 Å². The summed E-state index contributed by atoms with van der Waals surface area (Å²) in [6.45, 7) is 2.22. The lowest BCUT2D eigenvalue weighted by molar-refractivity contribution is 0.0951. The van der Waals surface area contributed by atoms with Crippen LogP contribution in [0, 0.1) is 12.7 Å². The Labute approximate surface area is 155 Å². The summed E-state index contributed by atoms with van der Waals surface area (Å²) >= 11 is 1.49. The average molecular weight is 371 g/mol. The number of benzene rings is 2. The minimum Gasteiger partial charge on any atom is -0.352 e. The summed E-state index contributed by atoms with van der Waals surface area (Å²) in [4.78, 5) is 17.5. The zero-order chi connectivity index (χ0) is 18.4. The number of amides is 1. The van der Waals surface area contributed by atoms with Gasteiger partial charge in [-0.3, -0.25) is 4.79 Å². The van der Waals surface area contributed by atoms with Crippen LogP contribution in [-0.2, 0) is 12.2 Å². The highest BCUT2D eigenvalue weighted by molar-refractivity contribution is 7.98. The molecule has 0 fully saturated rings. The summed E-state index contributed by atoms with van der Waals surface area (Å²) < 4.78 is 17.9. The van der Waals surface area contributed by atoms with E-state index in [2.05, 4.69) is 15.5 Å². The number of aryl methyl sites for hydroxylation is 1. The third kappa shape index (κ3) is 4.92. The first-order valence-electron chi connectivity index (χ1n) is 8.15. The molecule has 0 atom stereocenters. The first-order valence-corrected chi connectivity index (χ1v) is 9.14. The second-order valence-electron chi connectivity index (χ2n) is 5.65. The van der Waals surface area contributed by atoms with Gasteiger partial charge in [-0.05, 0) is 36.2 Å². The molecule has 0 saturated heterocycles. The molecule has 0 saturated carbocycles. The van der Waals surface area contributed by atoms with Crippen molar-refractivity contribution < 1.29 is 13.7 Å². The lowest BCUT2D eigenvalue weighted by Crippen LogP contribution is -2.26. The van der Waals surface area contributed by atoms with Gasteiger partial charge in [-0.15, -0.1) is 11.8 Å². The molecule has 1 amide bonds. The van der Waals surface area contributed by atoms with Crippen molar-refractivity contribution in [1.29, 1.82) is 0 Å². The summed E-state index contributed by atoms with van der Waals surface area (Å²) in [5.41, 5.74) is 1.58. The van der Waals surface area contributed by atoms with Crippen LogP contribution in [0.1, 0.15) is 27.6 Å². The number of hydrogen-bond donors (Lipinski definition) is 1. The number of nitrogens with zero attached hydrogens (tertiary/aromatic N) is 2. The number of aromatic nitrogens is 2. The fourth-order valence-electron chi connectivity index (χ4n) is 2.39. The van der Waals surface area contributed by atoms with E-state index in [1.807, 2.05) is 18.2 Å². The molecule has 1 heterocycles. The predicted molar refractivity (Wildman–Crippen MR) is 97.5 cm³/mol. The van der Waals surface area contributed by atoms with Crippen molar-refractivity contribution in [3.05, 3.63) is 77.2 Å². The molecule has 0 aliphatic carbocycles. The Hall–Kier alpha value is -2.67. The zero-order valence-electron chi connectivity index (χ0n) is 14.2. The molecule has 7 heteroatoms. The Balaban J connectivity index is 1.57. The smallest absolute Gasteiger partial charge is 0.252 e. The van der Waals surface area contributed by atoms with E-state index in [9.17, 15) is 9.18 Å². The highest BCUT2D eigenvalue weighted by Gasteiger charge is 2.12. The molecule has 0 bridgehead atoms. The first kappa shape index (κ1) is 18.1. The molecule has 134 valence electrons. The monoisotopic (exact) mass is 371 g/mol. The maximum absolute atomic E-state index is 12.9. The van der Waals surface area contributed by atoms with Gasteiger partial charge in [-0.1, -0.05) is 29.4 Å². The molecular formula is C19H18FN3O2S. The number of nitrogens with one attached hydrogen (secondary N) is 1. The summed E-state index contributed by atoms with van der Waals surface area (Å²) in [7, 11) is 0. The number of hydrogen-bond acceptors (Lipinski definition) is 5. The van der Waals surface area contributed by atoms with E-state index in [1.165, 1.54) is 23.9 Å². The van der Waals surface area contributed by atoms with Crippen molar-refractivity contribution >= 4 is 17.7 Å². The normalized spacial score (nSPS) is 10.7. The number of rotatable bonds is 7. The Morgan fingerprint density at radius 1 is 1.19 bits per heavy atom. The molecular weight excluding hydrogens is 353 g/mol. The minimum atomic E-state index is -0.263. The summed E-state index contributed by atoms with van der Waals surface area (Å²) in [5.74, 6) is 1.24. The molecule has 0 spiro atoms. The van der Waals surface area contributed by atoms with E-state index in [-0.39, 0.29) is 11.7 Å². The van der Waals surface area contributed by atoms with E-state index in [1.54, 1.807) is 25.1 Å². The van der Waals surface area contributed by atoms with Gasteiger partial charge in [0.05, 0.1) is 11.3 Å². The van der Waals surface area contributed by atoms with Crippen LogP contribution >= 0.6 is 11.8 Å². The van der Waals surface area contributed by atoms with Gasteiger partial charge >= 0.3 is 0 Å². The number of thioether (sulfide) groups is 1. The molecule has 26 heavy (non-hydrogen) atoms. The van der Waals surface area contributed by atoms with E-state index >= 15 is 0 Å². The standard InChI is InChI=1S/C19H18FN3O2S/c1-13-22-18(23-25-13)12-26-17-5-3-2-4-16(17)19(24)21-11-10-14-6-8-15(20)9-7-14/h2-9H,10-12H2,1H3,(H,21,24). The van der Waals surface area contributed by atoms with Crippen molar-refractivity contribution in [3.63, 3.8) is 0 Å². The van der Waals surface area contributed by atoms with Crippen LogP contribution in [0.15, 0.2) is 57.9 Å². The van der Waals surface area contributed by atoms with Crippen molar-refractivity contribution in [2.45, 2.75) is 24.0 Å². The maximum atomic E-state index is 12.9. The number of carbonyl (C=O) groups is 1. The van der Waals surface area contributed by atoms with Gasteiger partial charge in [0.2, 0.25) is 5.89 Å². The number of carbonyl (C=O) groups excluding carboxylic acids is 1. The second-order valence-corrected chi connectivity index (χ2v) is 6.66. The summed E-state index contributed by atoms with van der Waals surface area (Å²) in [5, 5.41) is 6.77. The van der Waals surface area contributed by atoms with Crippen LogP contribution in [0.4, 0.5) is 4.39 Å². The topological polar surface area (TPSA) is 68.0 Å². The average Bonchev–Trinajstić information content (AvgIpc) is 3.07.